The van der Waals surface area contributed by atoms with Crippen LogP contribution >= 0.6 is 0 Å². The number of aromatic hydroxyl groups is 1. The Morgan fingerprint density at radius 3 is 2.61 bits per heavy atom. The van der Waals surface area contributed by atoms with Crippen molar-refractivity contribution in [1.29, 1.82) is 0 Å². The molecule has 2 aromatic heterocycles. The molecule has 0 unspecified atom stereocenters. The lowest BCUT2D eigenvalue weighted by Gasteiger charge is -2.30. The first-order chi connectivity index (χ1) is 13.6. The molecule has 7 heteroatoms. The van der Waals surface area contributed by atoms with E-state index < -0.39 is 5.91 Å². The number of hydrogen-bond acceptors (Lipinski definition) is 5. The van der Waals surface area contributed by atoms with Crippen molar-refractivity contribution in [2.45, 2.75) is 26.2 Å². The summed E-state index contributed by atoms with van der Waals surface area (Å²) in [4.78, 5) is 19.3. The molecule has 0 radical (unpaired) electrons. The quantitative estimate of drug-likeness (QED) is 0.710. The topological polar surface area (TPSA) is 96.8 Å². The predicted molar refractivity (Wildman–Crippen MR) is 107 cm³/mol. The first-order valence-electron chi connectivity index (χ1n) is 9.76. The average Bonchev–Trinajstić information content (AvgIpc) is 3.08. The molecular weight excluding hydrogens is 354 g/mol. The van der Waals surface area contributed by atoms with E-state index in [0.29, 0.717) is 34.9 Å². The van der Waals surface area contributed by atoms with Gasteiger partial charge in [-0.1, -0.05) is 37.3 Å². The summed E-state index contributed by atoms with van der Waals surface area (Å²) >= 11 is 0. The molecule has 0 saturated carbocycles. The van der Waals surface area contributed by atoms with Crippen molar-refractivity contribution < 1.29 is 9.90 Å². The first kappa shape index (κ1) is 18.4. The van der Waals surface area contributed by atoms with E-state index in [0.717, 1.165) is 38.0 Å². The highest BCUT2D eigenvalue weighted by Gasteiger charge is 2.26. The minimum atomic E-state index is -0.562. The largest absolute Gasteiger partial charge is 0.493 e. The summed E-state index contributed by atoms with van der Waals surface area (Å²) in [6.45, 7) is 5.35. The molecule has 3 N–H and O–H groups in total. The SMILES string of the molecule is CCN1CCC(Cc2nn3c(O)cc(-c4ccccc4)nc3c2C(N)=O)CC1. The molecule has 0 bridgehead atoms. The number of rotatable bonds is 5. The number of piperidine rings is 1. The zero-order chi connectivity index (χ0) is 19.7. The maximum Gasteiger partial charge on any atom is 0.254 e. The lowest BCUT2D eigenvalue weighted by Crippen LogP contribution is -2.34. The van der Waals surface area contributed by atoms with Crippen LogP contribution in [0.5, 0.6) is 5.88 Å². The number of carbonyl (C=O) groups excluding carboxylic acids is 1. The van der Waals surface area contributed by atoms with Gasteiger partial charge in [0.05, 0.1) is 11.4 Å². The second-order valence-corrected chi connectivity index (χ2v) is 7.37. The molecule has 146 valence electrons. The molecule has 7 nitrogen and oxygen atoms in total. The molecule has 3 heterocycles. The number of benzene rings is 1. The lowest BCUT2D eigenvalue weighted by atomic mass is 9.91. The monoisotopic (exact) mass is 379 g/mol. The van der Waals surface area contributed by atoms with Gasteiger partial charge in [-0.2, -0.15) is 9.61 Å². The summed E-state index contributed by atoms with van der Waals surface area (Å²) in [5.41, 5.74) is 8.37. The summed E-state index contributed by atoms with van der Waals surface area (Å²) < 4.78 is 1.32. The Bertz CT molecular complexity index is 991. The molecule has 28 heavy (non-hydrogen) atoms. The van der Waals surface area contributed by atoms with Gasteiger partial charge in [-0.25, -0.2) is 4.98 Å². The van der Waals surface area contributed by atoms with Crippen molar-refractivity contribution in [2.24, 2.45) is 11.7 Å². The van der Waals surface area contributed by atoms with Crippen LogP contribution in [0.25, 0.3) is 16.9 Å². The highest BCUT2D eigenvalue weighted by Crippen LogP contribution is 2.28. The molecule has 1 fully saturated rings. The summed E-state index contributed by atoms with van der Waals surface area (Å²) in [5.74, 6) is -0.173. The molecule has 1 aliphatic rings. The minimum Gasteiger partial charge on any atom is -0.493 e. The zero-order valence-electron chi connectivity index (χ0n) is 16.0. The van der Waals surface area contributed by atoms with Crippen molar-refractivity contribution in [3.05, 3.63) is 47.7 Å². The van der Waals surface area contributed by atoms with E-state index in [-0.39, 0.29) is 5.88 Å². The molecule has 1 amide bonds. The van der Waals surface area contributed by atoms with Crippen molar-refractivity contribution in [3.8, 4) is 17.1 Å². The van der Waals surface area contributed by atoms with E-state index in [9.17, 15) is 9.90 Å². The Morgan fingerprint density at radius 2 is 1.96 bits per heavy atom. The normalized spacial score (nSPS) is 15.9. The third-order valence-corrected chi connectivity index (χ3v) is 5.60. The summed E-state index contributed by atoms with van der Waals surface area (Å²) in [5, 5.41) is 15.0. The average molecular weight is 379 g/mol. The highest BCUT2D eigenvalue weighted by molar-refractivity contribution is 6.00. The smallest absolute Gasteiger partial charge is 0.254 e. The summed E-state index contributed by atoms with van der Waals surface area (Å²) in [6.07, 6.45) is 2.79. The van der Waals surface area contributed by atoms with Crippen LogP contribution in [0.4, 0.5) is 0 Å². The van der Waals surface area contributed by atoms with Gasteiger partial charge in [-0.3, -0.25) is 4.79 Å². The van der Waals surface area contributed by atoms with E-state index in [1.165, 1.54) is 4.52 Å². The van der Waals surface area contributed by atoms with Crippen molar-refractivity contribution in [1.82, 2.24) is 19.5 Å². The fourth-order valence-electron chi connectivity index (χ4n) is 3.98. The van der Waals surface area contributed by atoms with Crippen LogP contribution in [-0.2, 0) is 6.42 Å². The number of aromatic nitrogens is 3. The number of carbonyl (C=O) groups is 1. The number of nitrogens with zero attached hydrogens (tertiary/aromatic N) is 4. The van der Waals surface area contributed by atoms with Gasteiger partial charge in [0.1, 0.15) is 5.56 Å². The lowest BCUT2D eigenvalue weighted by molar-refractivity contribution is 0.1000. The number of likely N-dealkylation sites (tertiary alicyclic amines) is 1. The van der Waals surface area contributed by atoms with Gasteiger partial charge in [0.25, 0.3) is 5.91 Å². The van der Waals surface area contributed by atoms with Crippen LogP contribution in [-0.4, -0.2) is 50.1 Å². The van der Waals surface area contributed by atoms with Gasteiger partial charge < -0.3 is 15.7 Å². The first-order valence-corrected chi connectivity index (χ1v) is 9.76. The Balaban J connectivity index is 1.72. The van der Waals surface area contributed by atoms with Crippen LogP contribution in [0.2, 0.25) is 0 Å². The fraction of sp³-hybridized carbons (Fsp3) is 0.381. The highest BCUT2D eigenvalue weighted by atomic mass is 16.3. The van der Waals surface area contributed by atoms with E-state index in [2.05, 4.69) is 21.9 Å². The molecule has 1 saturated heterocycles. The molecule has 1 aliphatic heterocycles. The second kappa shape index (κ2) is 7.59. The number of fused-ring (bicyclic) bond motifs is 1. The van der Waals surface area contributed by atoms with E-state index in [1.807, 2.05) is 30.3 Å². The van der Waals surface area contributed by atoms with Crippen LogP contribution in [0.3, 0.4) is 0 Å². The third-order valence-electron chi connectivity index (χ3n) is 5.60. The number of primary amides is 1. The van der Waals surface area contributed by atoms with Gasteiger partial charge in [-0.05, 0) is 44.8 Å². The van der Waals surface area contributed by atoms with E-state index in [4.69, 9.17) is 5.73 Å². The number of nitrogens with two attached hydrogens (primary N) is 1. The maximum absolute atomic E-state index is 12.2. The number of hydrogen-bond donors (Lipinski definition) is 2. The fourth-order valence-corrected chi connectivity index (χ4v) is 3.98. The van der Waals surface area contributed by atoms with Crippen molar-refractivity contribution in [2.75, 3.05) is 19.6 Å². The maximum atomic E-state index is 12.2. The molecule has 0 atom stereocenters. The second-order valence-electron chi connectivity index (χ2n) is 7.37. The van der Waals surface area contributed by atoms with Crippen molar-refractivity contribution in [3.63, 3.8) is 0 Å². The summed E-state index contributed by atoms with van der Waals surface area (Å²) in [7, 11) is 0. The molecule has 0 spiro atoms. The van der Waals surface area contributed by atoms with Crippen molar-refractivity contribution >= 4 is 11.6 Å². The van der Waals surface area contributed by atoms with Crippen LogP contribution in [0.15, 0.2) is 36.4 Å². The summed E-state index contributed by atoms with van der Waals surface area (Å²) in [6, 6.07) is 11.1. The minimum absolute atomic E-state index is 0.0570. The van der Waals surface area contributed by atoms with Gasteiger partial charge in [0, 0.05) is 11.6 Å². The Kier molecular flexibility index (Phi) is 5.00. The number of amides is 1. The third kappa shape index (κ3) is 3.45. The van der Waals surface area contributed by atoms with E-state index in [1.54, 1.807) is 6.07 Å². The van der Waals surface area contributed by atoms with Gasteiger partial charge in [0.15, 0.2) is 5.65 Å². The molecule has 4 rings (SSSR count). The molecular formula is C21H25N5O2. The predicted octanol–water partition coefficient (Wildman–Crippen LogP) is 2.48. The van der Waals surface area contributed by atoms with Gasteiger partial charge >= 0.3 is 0 Å². The van der Waals surface area contributed by atoms with Gasteiger partial charge in [0.2, 0.25) is 5.88 Å². The standard InChI is InChI=1S/C21H25N5O2/c1-2-25-10-8-14(9-11-25)12-17-19(20(22)28)21-23-16(13-18(27)26(21)24-17)15-6-4-3-5-7-15/h3-7,13-14,27H,2,8-12H2,1H3,(H2,22,28). The molecule has 1 aromatic carbocycles. The zero-order valence-corrected chi connectivity index (χ0v) is 16.0. The molecule has 3 aromatic rings. The van der Waals surface area contributed by atoms with E-state index >= 15 is 0 Å². The Morgan fingerprint density at radius 1 is 1.25 bits per heavy atom. The van der Waals surface area contributed by atoms with Crippen LogP contribution < -0.4 is 5.73 Å². The Hall–Kier alpha value is -2.93. The Labute approximate surface area is 163 Å². The molecule has 0 aliphatic carbocycles. The van der Waals surface area contributed by atoms with Gasteiger partial charge in [-0.15, -0.1) is 0 Å². The van der Waals surface area contributed by atoms with Crippen LogP contribution in [0.1, 0.15) is 35.8 Å². The van der Waals surface area contributed by atoms with Crippen LogP contribution in [0, 0.1) is 5.92 Å².